The zero-order valence-electron chi connectivity index (χ0n) is 13.0. The minimum Gasteiger partial charge on any atom is -0.481 e. The molecule has 1 aromatic heterocycles. The average molecular weight is 328 g/mol. The Bertz CT molecular complexity index is 571. The van der Waals surface area contributed by atoms with Gasteiger partial charge in [0.25, 0.3) is 5.91 Å². The van der Waals surface area contributed by atoms with E-state index in [1.54, 1.807) is 16.5 Å². The maximum Gasteiger partial charge on any atom is 0.303 e. The highest BCUT2D eigenvalue weighted by molar-refractivity contribution is 6.33. The number of carboxylic acid groups (broad SMARTS) is 1. The lowest BCUT2D eigenvalue weighted by Gasteiger charge is -2.20. The maximum atomic E-state index is 12.7. The number of aliphatic carboxylic acids is 1. The number of rotatable bonds is 4. The highest BCUT2D eigenvalue weighted by Crippen LogP contribution is 2.25. The van der Waals surface area contributed by atoms with Crippen LogP contribution in [0.5, 0.6) is 0 Å². The zero-order chi connectivity index (χ0) is 16.3. The van der Waals surface area contributed by atoms with Gasteiger partial charge in [0, 0.05) is 26.1 Å². The standard InChI is InChI=1S/C15H22ClN3O3/c1-3-19-14(16)13(10(2)17-19)15(22)18-7-4-5-11(6-8-18)9-12(20)21/h11H,3-9H2,1-2H3,(H,20,21). The first-order valence-corrected chi connectivity index (χ1v) is 8.05. The Labute approximate surface area is 135 Å². The Hall–Kier alpha value is -1.56. The quantitative estimate of drug-likeness (QED) is 0.922. The lowest BCUT2D eigenvalue weighted by molar-refractivity contribution is -0.138. The van der Waals surface area contributed by atoms with Gasteiger partial charge in [0.2, 0.25) is 0 Å². The number of nitrogens with zero attached hydrogens (tertiary/aromatic N) is 3. The molecule has 22 heavy (non-hydrogen) atoms. The molecule has 1 aliphatic heterocycles. The smallest absolute Gasteiger partial charge is 0.303 e. The second kappa shape index (κ2) is 7.13. The fourth-order valence-electron chi connectivity index (χ4n) is 2.98. The molecule has 2 heterocycles. The summed E-state index contributed by atoms with van der Waals surface area (Å²) < 4.78 is 1.62. The van der Waals surface area contributed by atoms with Gasteiger partial charge in [-0.3, -0.25) is 14.3 Å². The van der Waals surface area contributed by atoms with Gasteiger partial charge in [-0.25, -0.2) is 0 Å². The molecule has 0 radical (unpaired) electrons. The van der Waals surface area contributed by atoms with E-state index >= 15 is 0 Å². The van der Waals surface area contributed by atoms with Crippen molar-refractivity contribution in [2.24, 2.45) is 5.92 Å². The van der Waals surface area contributed by atoms with Gasteiger partial charge >= 0.3 is 5.97 Å². The fraction of sp³-hybridized carbons (Fsp3) is 0.667. The molecule has 1 aliphatic rings. The van der Waals surface area contributed by atoms with Crippen molar-refractivity contribution >= 4 is 23.5 Å². The highest BCUT2D eigenvalue weighted by Gasteiger charge is 2.27. The van der Waals surface area contributed by atoms with E-state index in [1.165, 1.54) is 0 Å². The van der Waals surface area contributed by atoms with Crippen molar-refractivity contribution in [1.29, 1.82) is 0 Å². The van der Waals surface area contributed by atoms with Crippen molar-refractivity contribution < 1.29 is 14.7 Å². The summed E-state index contributed by atoms with van der Waals surface area (Å²) in [6.07, 6.45) is 2.56. The number of carbonyl (C=O) groups is 2. The van der Waals surface area contributed by atoms with Gasteiger partial charge in [0.15, 0.2) is 0 Å². The van der Waals surface area contributed by atoms with Crippen LogP contribution in [0.1, 0.15) is 48.7 Å². The third kappa shape index (κ3) is 3.61. The van der Waals surface area contributed by atoms with Crippen LogP contribution in [0.2, 0.25) is 5.15 Å². The van der Waals surface area contributed by atoms with E-state index in [0.29, 0.717) is 36.0 Å². The van der Waals surface area contributed by atoms with E-state index in [1.807, 2.05) is 6.92 Å². The van der Waals surface area contributed by atoms with E-state index < -0.39 is 5.97 Å². The van der Waals surface area contributed by atoms with Crippen molar-refractivity contribution in [2.45, 2.75) is 46.1 Å². The van der Waals surface area contributed by atoms with Crippen LogP contribution >= 0.6 is 11.6 Å². The van der Waals surface area contributed by atoms with Gasteiger partial charge in [-0.2, -0.15) is 5.10 Å². The van der Waals surface area contributed by atoms with Crippen molar-refractivity contribution in [2.75, 3.05) is 13.1 Å². The van der Waals surface area contributed by atoms with E-state index in [-0.39, 0.29) is 18.2 Å². The molecular weight excluding hydrogens is 306 g/mol. The van der Waals surface area contributed by atoms with E-state index in [0.717, 1.165) is 19.3 Å². The third-order valence-corrected chi connectivity index (χ3v) is 4.56. The number of aryl methyl sites for hydroxylation is 2. The summed E-state index contributed by atoms with van der Waals surface area (Å²) in [6.45, 7) is 5.55. The molecule has 122 valence electrons. The van der Waals surface area contributed by atoms with Gasteiger partial charge in [-0.15, -0.1) is 0 Å². The van der Waals surface area contributed by atoms with Crippen LogP contribution in [0.3, 0.4) is 0 Å². The number of halogens is 1. The number of hydrogen-bond donors (Lipinski definition) is 1. The first-order valence-electron chi connectivity index (χ1n) is 7.68. The van der Waals surface area contributed by atoms with Crippen molar-refractivity contribution in [3.63, 3.8) is 0 Å². The van der Waals surface area contributed by atoms with Crippen LogP contribution in [0.15, 0.2) is 0 Å². The Morgan fingerprint density at radius 3 is 2.68 bits per heavy atom. The SMILES string of the molecule is CCn1nc(C)c(C(=O)N2CCCC(CC(=O)O)CC2)c1Cl. The summed E-state index contributed by atoms with van der Waals surface area (Å²) in [7, 11) is 0. The molecule has 1 unspecified atom stereocenters. The minimum atomic E-state index is -0.770. The molecule has 1 N–H and O–H groups in total. The largest absolute Gasteiger partial charge is 0.481 e. The summed E-state index contributed by atoms with van der Waals surface area (Å²) in [6, 6.07) is 0. The number of carbonyl (C=O) groups excluding carboxylic acids is 1. The van der Waals surface area contributed by atoms with E-state index in [2.05, 4.69) is 5.10 Å². The molecule has 1 fully saturated rings. The molecule has 0 bridgehead atoms. The van der Waals surface area contributed by atoms with Crippen molar-refractivity contribution in [3.8, 4) is 0 Å². The number of amides is 1. The van der Waals surface area contributed by atoms with Crippen LogP contribution in [-0.2, 0) is 11.3 Å². The molecule has 2 rings (SSSR count). The molecule has 0 saturated carbocycles. The maximum absolute atomic E-state index is 12.7. The number of likely N-dealkylation sites (tertiary alicyclic amines) is 1. The summed E-state index contributed by atoms with van der Waals surface area (Å²) in [5, 5.41) is 13.6. The number of hydrogen-bond acceptors (Lipinski definition) is 3. The van der Waals surface area contributed by atoms with Gasteiger partial charge in [-0.05, 0) is 39.0 Å². The first kappa shape index (κ1) is 16.8. The van der Waals surface area contributed by atoms with Crippen LogP contribution in [0.4, 0.5) is 0 Å². The predicted molar refractivity (Wildman–Crippen MR) is 83.1 cm³/mol. The topological polar surface area (TPSA) is 75.4 Å². The molecule has 1 atom stereocenters. The van der Waals surface area contributed by atoms with Crippen LogP contribution in [-0.4, -0.2) is 44.8 Å². The molecule has 0 aromatic carbocycles. The number of carboxylic acids is 1. The molecule has 1 amide bonds. The van der Waals surface area contributed by atoms with Crippen LogP contribution in [0, 0.1) is 12.8 Å². The van der Waals surface area contributed by atoms with Crippen molar-refractivity contribution in [1.82, 2.24) is 14.7 Å². The Balaban J connectivity index is 2.10. The molecule has 6 nitrogen and oxygen atoms in total. The summed E-state index contributed by atoms with van der Waals surface area (Å²) in [5.74, 6) is -0.726. The predicted octanol–water partition coefficient (Wildman–Crippen LogP) is 2.58. The molecule has 0 spiro atoms. The molecule has 0 aliphatic carbocycles. The first-order chi connectivity index (χ1) is 10.4. The monoisotopic (exact) mass is 327 g/mol. The summed E-state index contributed by atoms with van der Waals surface area (Å²) in [5.41, 5.74) is 1.11. The van der Waals surface area contributed by atoms with E-state index in [4.69, 9.17) is 16.7 Å². The van der Waals surface area contributed by atoms with Gasteiger partial charge < -0.3 is 10.0 Å². The third-order valence-electron chi connectivity index (χ3n) is 4.18. The van der Waals surface area contributed by atoms with Gasteiger partial charge in [-0.1, -0.05) is 11.6 Å². The minimum absolute atomic E-state index is 0.0989. The van der Waals surface area contributed by atoms with Crippen LogP contribution in [0.25, 0.3) is 0 Å². The zero-order valence-corrected chi connectivity index (χ0v) is 13.8. The van der Waals surface area contributed by atoms with Crippen LogP contribution < -0.4 is 0 Å². The lowest BCUT2D eigenvalue weighted by atomic mass is 9.97. The Kier molecular flexibility index (Phi) is 5.45. The lowest BCUT2D eigenvalue weighted by Crippen LogP contribution is -2.32. The normalized spacial score (nSPS) is 19.0. The second-order valence-corrected chi connectivity index (χ2v) is 6.11. The molecular formula is C15H22ClN3O3. The summed E-state index contributed by atoms with van der Waals surface area (Å²) in [4.78, 5) is 25.3. The van der Waals surface area contributed by atoms with Crippen molar-refractivity contribution in [3.05, 3.63) is 16.4 Å². The molecule has 7 heteroatoms. The average Bonchev–Trinajstić information content (AvgIpc) is 2.63. The summed E-state index contributed by atoms with van der Waals surface area (Å²) >= 11 is 6.26. The molecule has 1 saturated heterocycles. The van der Waals surface area contributed by atoms with Gasteiger partial charge in [0.05, 0.1) is 11.3 Å². The second-order valence-electron chi connectivity index (χ2n) is 5.75. The molecule has 1 aromatic rings. The van der Waals surface area contributed by atoms with E-state index in [9.17, 15) is 9.59 Å². The Morgan fingerprint density at radius 1 is 1.36 bits per heavy atom. The fourth-order valence-corrected chi connectivity index (χ4v) is 3.36. The number of aromatic nitrogens is 2. The highest BCUT2D eigenvalue weighted by atomic mass is 35.5. The Morgan fingerprint density at radius 2 is 2.09 bits per heavy atom. The van der Waals surface area contributed by atoms with Gasteiger partial charge in [0.1, 0.15) is 5.15 Å².